The number of methoxy groups -OCH3 is 1. The predicted molar refractivity (Wildman–Crippen MR) is 112 cm³/mol. The van der Waals surface area contributed by atoms with Crippen LogP contribution in [-0.2, 0) is 21.7 Å². The fraction of sp³-hybridized carbons (Fsp3) is 0.591. The molecule has 1 aromatic carbocycles. The Morgan fingerprint density at radius 2 is 2.03 bits per heavy atom. The fourth-order valence-corrected chi connectivity index (χ4v) is 3.85. The topological polar surface area (TPSA) is 93.5 Å². The lowest BCUT2D eigenvalue weighted by Crippen LogP contribution is -2.54. The van der Waals surface area contributed by atoms with E-state index in [9.17, 15) is 14.7 Å². The van der Waals surface area contributed by atoms with Gasteiger partial charge in [-0.25, -0.2) is 4.68 Å². The summed E-state index contributed by atoms with van der Waals surface area (Å²) in [4.78, 5) is 25.4. The zero-order chi connectivity index (χ0) is 21.6. The second kappa shape index (κ2) is 7.54. The molecule has 2 aromatic rings. The summed E-state index contributed by atoms with van der Waals surface area (Å²) in [5.74, 6) is -0.193. The Hall–Kier alpha value is -2.25. The van der Waals surface area contributed by atoms with Crippen LogP contribution in [0.25, 0.3) is 10.8 Å². The minimum atomic E-state index is -0.714. The molecule has 1 heterocycles. The molecule has 1 aliphatic carbocycles. The molecule has 0 saturated heterocycles. The van der Waals surface area contributed by atoms with E-state index in [1.165, 1.54) is 4.68 Å². The lowest BCUT2D eigenvalue weighted by Gasteiger charge is -2.41. The molecule has 0 aliphatic heterocycles. The Morgan fingerprint density at radius 3 is 2.59 bits per heavy atom. The van der Waals surface area contributed by atoms with Crippen LogP contribution in [-0.4, -0.2) is 39.5 Å². The molecule has 29 heavy (non-hydrogen) atoms. The minimum absolute atomic E-state index is 0.0583. The number of benzene rings is 1. The van der Waals surface area contributed by atoms with Gasteiger partial charge in [0.05, 0.1) is 22.3 Å². The summed E-state index contributed by atoms with van der Waals surface area (Å²) >= 11 is 0. The van der Waals surface area contributed by atoms with Crippen LogP contribution in [0.4, 0.5) is 0 Å². The summed E-state index contributed by atoms with van der Waals surface area (Å²) in [6.07, 6.45) is 1.04. The van der Waals surface area contributed by atoms with Gasteiger partial charge in [0.1, 0.15) is 6.54 Å². The van der Waals surface area contributed by atoms with Crippen LogP contribution in [0, 0.1) is 0 Å². The van der Waals surface area contributed by atoms with E-state index >= 15 is 0 Å². The molecule has 3 rings (SSSR count). The number of ether oxygens (including phenoxy) is 1. The molecular formula is C22H31N3O4. The smallest absolute Gasteiger partial charge is 0.275 e. The molecule has 7 nitrogen and oxygen atoms in total. The van der Waals surface area contributed by atoms with Gasteiger partial charge in [-0.2, -0.15) is 5.10 Å². The van der Waals surface area contributed by atoms with E-state index in [0.29, 0.717) is 18.2 Å². The van der Waals surface area contributed by atoms with Crippen molar-refractivity contribution >= 4 is 16.7 Å². The maximum Gasteiger partial charge on any atom is 0.275 e. The summed E-state index contributed by atoms with van der Waals surface area (Å²) in [6.45, 7) is 9.58. The van der Waals surface area contributed by atoms with Gasteiger partial charge in [-0.1, -0.05) is 19.9 Å². The quantitative estimate of drug-likeness (QED) is 0.775. The highest BCUT2D eigenvalue weighted by molar-refractivity contribution is 5.85. The van der Waals surface area contributed by atoms with Gasteiger partial charge in [-0.15, -0.1) is 0 Å². The van der Waals surface area contributed by atoms with Crippen molar-refractivity contribution in [2.75, 3.05) is 7.11 Å². The molecule has 1 saturated carbocycles. The molecule has 0 unspecified atom stereocenters. The number of carbonyl (C=O) groups excluding carboxylic acids is 1. The number of nitrogens with one attached hydrogen (secondary N) is 1. The first-order chi connectivity index (χ1) is 13.4. The molecule has 0 radical (unpaired) electrons. The third-order valence-electron chi connectivity index (χ3n) is 5.77. The van der Waals surface area contributed by atoms with Crippen LogP contribution in [0.1, 0.15) is 64.6 Å². The van der Waals surface area contributed by atoms with E-state index in [-0.39, 0.29) is 30.0 Å². The average molecular weight is 402 g/mol. The lowest BCUT2D eigenvalue weighted by atomic mass is 9.77. The number of aromatic nitrogens is 2. The summed E-state index contributed by atoms with van der Waals surface area (Å²) in [6, 6.07) is 5.58. The maximum absolute atomic E-state index is 13.0. The first-order valence-electron chi connectivity index (χ1n) is 10.1. The van der Waals surface area contributed by atoms with Gasteiger partial charge in [0.25, 0.3) is 5.56 Å². The van der Waals surface area contributed by atoms with E-state index in [0.717, 1.165) is 16.6 Å². The van der Waals surface area contributed by atoms with Crippen molar-refractivity contribution in [2.45, 2.75) is 77.2 Å². The molecule has 1 aliphatic rings. The van der Waals surface area contributed by atoms with Gasteiger partial charge in [-0.3, -0.25) is 9.59 Å². The van der Waals surface area contributed by atoms with Crippen molar-refractivity contribution in [3.05, 3.63) is 39.8 Å². The van der Waals surface area contributed by atoms with Gasteiger partial charge >= 0.3 is 0 Å². The average Bonchev–Trinajstić information content (AvgIpc) is 2.61. The summed E-state index contributed by atoms with van der Waals surface area (Å²) in [5, 5.41) is 18.5. The molecule has 0 bridgehead atoms. The Balaban J connectivity index is 1.95. The zero-order valence-corrected chi connectivity index (χ0v) is 18.1. The van der Waals surface area contributed by atoms with Gasteiger partial charge in [0.15, 0.2) is 0 Å². The second-order valence-electron chi connectivity index (χ2n) is 9.15. The molecule has 1 fully saturated rings. The highest BCUT2D eigenvalue weighted by atomic mass is 16.5. The van der Waals surface area contributed by atoms with Crippen LogP contribution >= 0.6 is 0 Å². The van der Waals surface area contributed by atoms with E-state index in [2.05, 4.69) is 10.4 Å². The molecule has 1 amide bonds. The first-order valence-corrected chi connectivity index (χ1v) is 10.1. The van der Waals surface area contributed by atoms with Crippen LogP contribution in [0.3, 0.4) is 0 Å². The van der Waals surface area contributed by atoms with Gasteiger partial charge in [0, 0.05) is 18.5 Å². The monoisotopic (exact) mass is 401 g/mol. The van der Waals surface area contributed by atoms with Crippen molar-refractivity contribution in [1.82, 2.24) is 15.1 Å². The van der Waals surface area contributed by atoms with E-state index < -0.39 is 11.2 Å². The standard InChI is InChI=1S/C22H31N3O4/c1-13(2)19-17-9-14(21(3,4)29-6)7-8-16(17)20(27)25(24-19)12-18(26)23-15-10-22(5,28)11-15/h7-9,13,15,28H,10-12H2,1-6H3,(H,23,26). The zero-order valence-electron chi connectivity index (χ0n) is 18.1. The SMILES string of the molecule is COC(C)(C)c1ccc2c(=O)n(CC(=O)NC3CC(C)(O)C3)nc(C(C)C)c2c1. The molecule has 7 heteroatoms. The minimum Gasteiger partial charge on any atom is -0.390 e. The summed E-state index contributed by atoms with van der Waals surface area (Å²) < 4.78 is 6.81. The largest absolute Gasteiger partial charge is 0.390 e. The third-order valence-corrected chi connectivity index (χ3v) is 5.77. The Morgan fingerprint density at radius 1 is 1.38 bits per heavy atom. The number of hydrogen-bond acceptors (Lipinski definition) is 5. The second-order valence-corrected chi connectivity index (χ2v) is 9.15. The Labute approximate surface area is 171 Å². The third kappa shape index (κ3) is 4.36. The lowest BCUT2D eigenvalue weighted by molar-refractivity contribution is -0.125. The predicted octanol–water partition coefficient (Wildman–Crippen LogP) is 2.43. The van der Waals surface area contributed by atoms with E-state index in [1.54, 1.807) is 20.1 Å². The van der Waals surface area contributed by atoms with Crippen molar-refractivity contribution in [3.63, 3.8) is 0 Å². The van der Waals surface area contributed by atoms with Crippen molar-refractivity contribution in [3.8, 4) is 0 Å². The molecule has 2 N–H and O–H groups in total. The van der Waals surface area contributed by atoms with Crippen molar-refractivity contribution < 1.29 is 14.6 Å². The van der Waals surface area contributed by atoms with Crippen molar-refractivity contribution in [1.29, 1.82) is 0 Å². The first kappa shape index (κ1) is 21.5. The van der Waals surface area contributed by atoms with Crippen LogP contribution in [0.2, 0.25) is 0 Å². The van der Waals surface area contributed by atoms with Gasteiger partial charge in [-0.05, 0) is 57.2 Å². The summed E-state index contributed by atoms with van der Waals surface area (Å²) in [7, 11) is 1.66. The number of nitrogens with zero attached hydrogens (tertiary/aromatic N) is 2. The highest BCUT2D eigenvalue weighted by Crippen LogP contribution is 2.31. The Bertz CT molecular complexity index is 983. The van der Waals surface area contributed by atoms with Crippen LogP contribution in [0.15, 0.2) is 23.0 Å². The van der Waals surface area contributed by atoms with E-state index in [1.807, 2.05) is 39.8 Å². The fourth-order valence-electron chi connectivity index (χ4n) is 3.85. The molecule has 1 aromatic heterocycles. The van der Waals surface area contributed by atoms with Crippen molar-refractivity contribution in [2.24, 2.45) is 0 Å². The number of hydrogen-bond donors (Lipinski definition) is 2. The number of carbonyl (C=O) groups is 1. The molecular weight excluding hydrogens is 370 g/mol. The summed E-state index contributed by atoms with van der Waals surface area (Å²) in [5.41, 5.74) is 0.244. The number of rotatable bonds is 6. The van der Waals surface area contributed by atoms with Crippen LogP contribution in [0.5, 0.6) is 0 Å². The number of aliphatic hydroxyl groups is 1. The number of amides is 1. The normalized spacial score (nSPS) is 22.0. The van der Waals surface area contributed by atoms with Crippen LogP contribution < -0.4 is 10.9 Å². The van der Waals surface area contributed by atoms with Gasteiger partial charge in [0.2, 0.25) is 5.91 Å². The highest BCUT2D eigenvalue weighted by Gasteiger charge is 2.39. The molecule has 158 valence electrons. The maximum atomic E-state index is 13.0. The van der Waals surface area contributed by atoms with E-state index in [4.69, 9.17) is 4.74 Å². The molecule has 0 atom stereocenters. The Kier molecular flexibility index (Phi) is 5.58. The van der Waals surface area contributed by atoms with Gasteiger partial charge < -0.3 is 15.2 Å². The molecule has 0 spiro atoms. The number of fused-ring (bicyclic) bond motifs is 1.